The van der Waals surface area contributed by atoms with E-state index in [0.717, 1.165) is 25.1 Å². The Kier molecular flexibility index (Phi) is 2.50. The van der Waals surface area contributed by atoms with E-state index in [-0.39, 0.29) is 0 Å². The number of hydrogen-bond acceptors (Lipinski definition) is 1. The van der Waals surface area contributed by atoms with Gasteiger partial charge in [0, 0.05) is 17.2 Å². The lowest BCUT2D eigenvalue weighted by Crippen LogP contribution is -2.02. The van der Waals surface area contributed by atoms with Gasteiger partial charge in [-0.2, -0.15) is 0 Å². The van der Waals surface area contributed by atoms with Crippen LogP contribution in [0.25, 0.3) is 11.3 Å². The summed E-state index contributed by atoms with van der Waals surface area (Å²) in [6, 6.07) is 8.63. The standard InChI is InChI=1S/C15H18N2/c1-3-10(2)15-16-13-9-8-11-6-4-5-7-12(11)14(13)17-15/h4-7,10H,3,8-9H2,1-2H3,(H,16,17). The molecule has 17 heavy (non-hydrogen) atoms. The van der Waals surface area contributed by atoms with E-state index in [1.807, 2.05) is 0 Å². The number of nitrogens with one attached hydrogen (secondary N) is 1. The fourth-order valence-corrected chi connectivity index (χ4v) is 2.49. The van der Waals surface area contributed by atoms with Gasteiger partial charge in [-0.25, -0.2) is 4.98 Å². The van der Waals surface area contributed by atoms with Gasteiger partial charge in [-0.1, -0.05) is 38.1 Å². The normalized spacial score (nSPS) is 15.2. The van der Waals surface area contributed by atoms with E-state index in [1.165, 1.54) is 22.5 Å². The fraction of sp³-hybridized carbons (Fsp3) is 0.400. The molecule has 3 rings (SSSR count). The van der Waals surface area contributed by atoms with Crippen molar-refractivity contribution in [2.75, 3.05) is 0 Å². The summed E-state index contributed by atoms with van der Waals surface area (Å²) in [5.41, 5.74) is 5.25. The van der Waals surface area contributed by atoms with Crippen molar-refractivity contribution < 1.29 is 0 Å². The van der Waals surface area contributed by atoms with Crippen LogP contribution in [0.15, 0.2) is 24.3 Å². The van der Waals surface area contributed by atoms with Crippen molar-refractivity contribution in [3.05, 3.63) is 41.3 Å². The SMILES string of the molecule is CCC(C)c1nc2c([nH]1)CCc1ccccc1-2. The molecule has 1 aliphatic rings. The van der Waals surface area contributed by atoms with Gasteiger partial charge in [-0.05, 0) is 24.8 Å². The van der Waals surface area contributed by atoms with Crippen LogP contribution >= 0.6 is 0 Å². The number of imidazole rings is 1. The molecule has 0 amide bonds. The number of aromatic nitrogens is 2. The third-order valence-electron chi connectivity index (χ3n) is 3.79. The van der Waals surface area contributed by atoms with Gasteiger partial charge in [-0.15, -0.1) is 0 Å². The van der Waals surface area contributed by atoms with Crippen molar-refractivity contribution in [3.8, 4) is 11.3 Å². The van der Waals surface area contributed by atoms with Gasteiger partial charge in [0.25, 0.3) is 0 Å². The number of nitrogens with zero attached hydrogens (tertiary/aromatic N) is 1. The molecule has 0 radical (unpaired) electrons. The quantitative estimate of drug-likeness (QED) is 0.831. The molecule has 0 spiro atoms. The van der Waals surface area contributed by atoms with E-state index < -0.39 is 0 Å². The molecule has 1 aromatic heterocycles. The van der Waals surface area contributed by atoms with Crippen LogP contribution in [-0.2, 0) is 12.8 Å². The predicted octanol–water partition coefficient (Wildman–Crippen LogP) is 3.69. The maximum Gasteiger partial charge on any atom is 0.109 e. The molecule has 1 heterocycles. The Morgan fingerprint density at radius 3 is 2.94 bits per heavy atom. The van der Waals surface area contributed by atoms with E-state index in [4.69, 9.17) is 4.98 Å². The molecule has 0 saturated carbocycles. The molecule has 1 aliphatic carbocycles. The first-order chi connectivity index (χ1) is 8.29. The Morgan fingerprint density at radius 1 is 1.29 bits per heavy atom. The van der Waals surface area contributed by atoms with Crippen molar-refractivity contribution in [2.45, 2.75) is 39.0 Å². The maximum absolute atomic E-state index is 4.81. The molecule has 2 nitrogen and oxygen atoms in total. The van der Waals surface area contributed by atoms with E-state index in [9.17, 15) is 0 Å². The Labute approximate surface area is 102 Å². The number of fused-ring (bicyclic) bond motifs is 3. The zero-order valence-electron chi connectivity index (χ0n) is 10.5. The lowest BCUT2D eigenvalue weighted by Gasteiger charge is -2.14. The van der Waals surface area contributed by atoms with Crippen LogP contribution in [0.4, 0.5) is 0 Å². The summed E-state index contributed by atoms with van der Waals surface area (Å²) < 4.78 is 0. The van der Waals surface area contributed by atoms with E-state index in [1.54, 1.807) is 0 Å². The highest BCUT2D eigenvalue weighted by Gasteiger charge is 2.21. The summed E-state index contributed by atoms with van der Waals surface area (Å²) in [4.78, 5) is 8.32. The first-order valence-electron chi connectivity index (χ1n) is 6.46. The molecule has 0 saturated heterocycles. The predicted molar refractivity (Wildman–Crippen MR) is 70.1 cm³/mol. The molecular weight excluding hydrogens is 208 g/mol. The van der Waals surface area contributed by atoms with Crippen molar-refractivity contribution in [2.24, 2.45) is 0 Å². The molecule has 1 unspecified atom stereocenters. The Morgan fingerprint density at radius 2 is 2.12 bits per heavy atom. The summed E-state index contributed by atoms with van der Waals surface area (Å²) in [7, 11) is 0. The molecule has 1 aromatic carbocycles. The van der Waals surface area contributed by atoms with Crippen LogP contribution in [0.5, 0.6) is 0 Å². The van der Waals surface area contributed by atoms with Gasteiger partial charge in [0.2, 0.25) is 0 Å². The third kappa shape index (κ3) is 1.68. The minimum Gasteiger partial charge on any atom is -0.345 e. The first kappa shape index (κ1) is 10.6. The van der Waals surface area contributed by atoms with Crippen LogP contribution in [0.1, 0.15) is 43.3 Å². The molecule has 1 atom stereocenters. The second kappa shape index (κ2) is 4.02. The van der Waals surface area contributed by atoms with Crippen molar-refractivity contribution >= 4 is 0 Å². The Balaban J connectivity index is 2.10. The van der Waals surface area contributed by atoms with Gasteiger partial charge in [0.05, 0.1) is 5.69 Å². The van der Waals surface area contributed by atoms with Crippen LogP contribution in [0.3, 0.4) is 0 Å². The fourth-order valence-electron chi connectivity index (χ4n) is 2.49. The summed E-state index contributed by atoms with van der Waals surface area (Å²) in [5.74, 6) is 1.67. The summed E-state index contributed by atoms with van der Waals surface area (Å²) in [6.45, 7) is 4.44. The minimum absolute atomic E-state index is 0.521. The average Bonchev–Trinajstić information content (AvgIpc) is 2.82. The van der Waals surface area contributed by atoms with E-state index in [0.29, 0.717) is 5.92 Å². The van der Waals surface area contributed by atoms with E-state index in [2.05, 4.69) is 43.1 Å². The second-order valence-electron chi connectivity index (χ2n) is 4.92. The lowest BCUT2D eigenvalue weighted by molar-refractivity contribution is 0.687. The zero-order chi connectivity index (χ0) is 11.8. The summed E-state index contributed by atoms with van der Waals surface area (Å²) in [6.07, 6.45) is 3.36. The molecular formula is C15H18N2. The number of benzene rings is 1. The highest BCUT2D eigenvalue weighted by atomic mass is 14.9. The number of rotatable bonds is 2. The molecule has 0 fully saturated rings. The number of H-pyrrole nitrogens is 1. The second-order valence-corrected chi connectivity index (χ2v) is 4.92. The van der Waals surface area contributed by atoms with Crippen LogP contribution in [0.2, 0.25) is 0 Å². The maximum atomic E-state index is 4.81. The lowest BCUT2D eigenvalue weighted by atomic mass is 9.93. The Bertz CT molecular complexity index is 540. The smallest absolute Gasteiger partial charge is 0.109 e. The Hall–Kier alpha value is -1.57. The molecule has 2 heteroatoms. The largest absolute Gasteiger partial charge is 0.345 e. The summed E-state index contributed by atoms with van der Waals surface area (Å²) in [5, 5.41) is 0. The third-order valence-corrected chi connectivity index (χ3v) is 3.79. The van der Waals surface area contributed by atoms with Gasteiger partial charge < -0.3 is 4.98 Å². The van der Waals surface area contributed by atoms with E-state index >= 15 is 0 Å². The van der Waals surface area contributed by atoms with Gasteiger partial charge in [0.1, 0.15) is 5.82 Å². The van der Waals surface area contributed by atoms with Crippen molar-refractivity contribution in [1.29, 1.82) is 0 Å². The first-order valence-corrected chi connectivity index (χ1v) is 6.46. The molecule has 88 valence electrons. The van der Waals surface area contributed by atoms with Gasteiger partial charge >= 0.3 is 0 Å². The number of aromatic amines is 1. The van der Waals surface area contributed by atoms with Crippen LogP contribution in [0, 0.1) is 0 Å². The average molecular weight is 226 g/mol. The number of aryl methyl sites for hydroxylation is 2. The molecule has 1 N–H and O–H groups in total. The summed E-state index contributed by atoms with van der Waals surface area (Å²) >= 11 is 0. The highest BCUT2D eigenvalue weighted by Crippen LogP contribution is 2.33. The van der Waals surface area contributed by atoms with Gasteiger partial charge in [0.15, 0.2) is 0 Å². The van der Waals surface area contributed by atoms with Gasteiger partial charge in [-0.3, -0.25) is 0 Å². The van der Waals surface area contributed by atoms with Crippen molar-refractivity contribution in [1.82, 2.24) is 9.97 Å². The molecule has 2 aromatic rings. The highest BCUT2D eigenvalue weighted by molar-refractivity contribution is 5.68. The number of hydrogen-bond donors (Lipinski definition) is 1. The van der Waals surface area contributed by atoms with Crippen LogP contribution < -0.4 is 0 Å². The monoisotopic (exact) mass is 226 g/mol. The minimum atomic E-state index is 0.521. The molecule has 0 aliphatic heterocycles. The molecule has 0 bridgehead atoms. The topological polar surface area (TPSA) is 28.7 Å². The van der Waals surface area contributed by atoms with Crippen LogP contribution in [-0.4, -0.2) is 9.97 Å². The zero-order valence-corrected chi connectivity index (χ0v) is 10.5. The van der Waals surface area contributed by atoms with Crippen molar-refractivity contribution in [3.63, 3.8) is 0 Å².